The van der Waals surface area contributed by atoms with Crippen molar-refractivity contribution >= 4 is 11.9 Å². The number of ether oxygens (including phenoxy) is 3. The summed E-state index contributed by atoms with van der Waals surface area (Å²) < 4.78 is 16.6. The number of amides is 1. The second-order valence-electron chi connectivity index (χ2n) is 21.0. The minimum atomic E-state index is -1.57. The molecule has 11 nitrogen and oxygen atoms in total. The fraction of sp³-hybridized carbons (Fsp3) is 0.810. The van der Waals surface area contributed by atoms with Crippen LogP contribution in [0.3, 0.4) is 0 Å². The first-order valence-corrected chi connectivity index (χ1v) is 30.6. The lowest BCUT2D eigenvalue weighted by molar-refractivity contribution is -0.302. The molecule has 1 aliphatic heterocycles. The Morgan fingerprint density at radius 3 is 1.41 bits per heavy atom. The molecule has 0 aromatic heterocycles. The Bertz CT molecular complexity index is 1410. The Balaban J connectivity index is 2.06. The van der Waals surface area contributed by atoms with E-state index in [4.69, 9.17) is 14.2 Å². The monoisotopic (exact) mass is 1040 g/mol. The van der Waals surface area contributed by atoms with Gasteiger partial charge in [0.05, 0.1) is 32.0 Å². The normalized spacial score (nSPS) is 19.3. The largest absolute Gasteiger partial charge is 0.465 e. The molecule has 0 saturated carbocycles. The zero-order chi connectivity index (χ0) is 53.8. The van der Waals surface area contributed by atoms with Gasteiger partial charge in [-0.3, -0.25) is 9.59 Å². The van der Waals surface area contributed by atoms with Crippen LogP contribution in [0.4, 0.5) is 0 Å². The average Bonchev–Trinajstić information content (AvgIpc) is 3.40. The third-order valence-corrected chi connectivity index (χ3v) is 14.1. The van der Waals surface area contributed by atoms with E-state index in [1.807, 2.05) is 6.08 Å². The summed E-state index contributed by atoms with van der Waals surface area (Å²) in [7, 11) is 0. The second-order valence-corrected chi connectivity index (χ2v) is 21.0. The van der Waals surface area contributed by atoms with E-state index in [1.54, 1.807) is 6.08 Å². The van der Waals surface area contributed by atoms with Crippen LogP contribution >= 0.6 is 0 Å². The fourth-order valence-corrected chi connectivity index (χ4v) is 9.23. The van der Waals surface area contributed by atoms with E-state index in [0.29, 0.717) is 19.4 Å². The van der Waals surface area contributed by atoms with E-state index in [1.165, 1.54) is 154 Å². The Hall–Kier alpha value is -2.64. The molecule has 1 rings (SSSR count). The third kappa shape index (κ3) is 41.5. The van der Waals surface area contributed by atoms with Gasteiger partial charge in [0.1, 0.15) is 24.4 Å². The number of rotatable bonds is 52. The molecule has 11 heteroatoms. The first kappa shape index (κ1) is 69.4. The number of allylic oxidation sites excluding steroid dienone is 8. The molecule has 6 N–H and O–H groups in total. The molecule has 0 aliphatic carbocycles. The number of esters is 1. The fourth-order valence-electron chi connectivity index (χ4n) is 9.23. The number of unbranched alkanes of at least 4 members (excludes halogenated alkanes) is 30. The van der Waals surface area contributed by atoms with Gasteiger partial charge in [-0.25, -0.2) is 0 Å². The lowest BCUT2D eigenvalue weighted by Gasteiger charge is -2.40. The quantitative estimate of drug-likeness (QED) is 0.0195. The molecule has 1 saturated heterocycles. The minimum Gasteiger partial charge on any atom is -0.465 e. The van der Waals surface area contributed by atoms with Crippen molar-refractivity contribution in [2.45, 2.75) is 307 Å². The molecule has 430 valence electrons. The van der Waals surface area contributed by atoms with E-state index >= 15 is 0 Å². The first-order chi connectivity index (χ1) is 36.2. The lowest BCUT2D eigenvalue weighted by Crippen LogP contribution is -2.60. The van der Waals surface area contributed by atoms with Gasteiger partial charge >= 0.3 is 5.97 Å². The summed E-state index contributed by atoms with van der Waals surface area (Å²) in [5, 5.41) is 54.3. The first-order valence-electron chi connectivity index (χ1n) is 30.6. The number of hydrogen-bond donors (Lipinski definition) is 6. The molecule has 1 heterocycles. The number of nitrogens with one attached hydrogen (secondary N) is 1. The van der Waals surface area contributed by atoms with E-state index in [0.717, 1.165) is 83.5 Å². The topological polar surface area (TPSA) is 175 Å². The van der Waals surface area contributed by atoms with Gasteiger partial charge in [-0.1, -0.05) is 235 Å². The van der Waals surface area contributed by atoms with Gasteiger partial charge in [0.25, 0.3) is 0 Å². The zero-order valence-corrected chi connectivity index (χ0v) is 47.3. The van der Waals surface area contributed by atoms with Crippen LogP contribution in [0.2, 0.25) is 0 Å². The number of hydrogen-bond acceptors (Lipinski definition) is 10. The van der Waals surface area contributed by atoms with Crippen LogP contribution in [-0.2, 0) is 23.8 Å². The predicted octanol–water partition coefficient (Wildman–Crippen LogP) is 14.2. The molecule has 0 bridgehead atoms. The molecule has 1 fully saturated rings. The Morgan fingerprint density at radius 1 is 0.500 bits per heavy atom. The zero-order valence-electron chi connectivity index (χ0n) is 47.3. The average molecular weight is 1040 g/mol. The maximum Gasteiger partial charge on any atom is 0.305 e. The molecular formula is C63H113NO10. The van der Waals surface area contributed by atoms with Crippen LogP contribution in [-0.4, -0.2) is 100 Å². The van der Waals surface area contributed by atoms with Crippen molar-refractivity contribution in [1.82, 2.24) is 5.32 Å². The van der Waals surface area contributed by atoms with Crippen LogP contribution in [0.25, 0.3) is 0 Å². The molecule has 1 aliphatic rings. The summed E-state index contributed by atoms with van der Waals surface area (Å²) in [5.74, 6) is -0.252. The van der Waals surface area contributed by atoms with E-state index in [-0.39, 0.29) is 18.5 Å². The lowest BCUT2D eigenvalue weighted by atomic mass is 9.99. The third-order valence-electron chi connectivity index (χ3n) is 14.1. The molecule has 7 atom stereocenters. The van der Waals surface area contributed by atoms with Crippen molar-refractivity contribution in [2.24, 2.45) is 0 Å². The minimum absolute atomic E-state index is 0.0638. The Kier molecular flexibility index (Phi) is 49.1. The van der Waals surface area contributed by atoms with Gasteiger partial charge < -0.3 is 45.1 Å². The highest BCUT2D eigenvalue weighted by atomic mass is 16.7. The summed E-state index contributed by atoms with van der Waals surface area (Å²) in [6.07, 6.45) is 57.6. The summed E-state index contributed by atoms with van der Waals surface area (Å²) in [6.45, 7) is 4.17. The summed E-state index contributed by atoms with van der Waals surface area (Å²) in [5.41, 5.74) is 0. The van der Waals surface area contributed by atoms with Crippen LogP contribution in [0.15, 0.2) is 60.8 Å². The molecule has 1 amide bonds. The van der Waals surface area contributed by atoms with Crippen LogP contribution in [0.5, 0.6) is 0 Å². The number of aliphatic hydroxyl groups is 5. The molecule has 74 heavy (non-hydrogen) atoms. The maximum atomic E-state index is 13.0. The highest BCUT2D eigenvalue weighted by molar-refractivity contribution is 5.76. The standard InChI is InChI=1S/C63H113NO10/c1-3-5-7-9-11-13-15-16-27-31-35-39-43-47-51-59(68)72-52-48-44-40-36-32-28-25-23-21-19-17-18-20-22-24-26-30-34-38-42-46-50-58(67)64-55(54-73-63-62(71)61(70)60(69)57(53-65)74-63)56(66)49-45-41-37-33-29-14-12-10-8-6-4-2/h9,11,15-16,28,32,40,44-45,49,55-57,60-63,65-66,69-71H,3-8,10,12-14,17-27,29-31,33-39,41-43,46-48,50-54H2,1-2H3,(H,64,67)/b11-9-,16-15-,32-28-,44-40-,49-45+. The van der Waals surface area contributed by atoms with Gasteiger partial charge in [-0.2, -0.15) is 0 Å². The van der Waals surface area contributed by atoms with Crippen LogP contribution in [0, 0.1) is 0 Å². The molecule has 7 unspecified atom stereocenters. The van der Waals surface area contributed by atoms with Gasteiger partial charge in [-0.15, -0.1) is 0 Å². The number of carbonyl (C=O) groups is 2. The van der Waals surface area contributed by atoms with Crippen molar-refractivity contribution in [1.29, 1.82) is 0 Å². The van der Waals surface area contributed by atoms with Gasteiger partial charge in [0.15, 0.2) is 6.29 Å². The number of carbonyl (C=O) groups excluding carboxylic acids is 2. The molecule has 0 spiro atoms. The van der Waals surface area contributed by atoms with Crippen molar-refractivity contribution in [2.75, 3.05) is 19.8 Å². The van der Waals surface area contributed by atoms with Gasteiger partial charge in [0, 0.05) is 12.8 Å². The highest BCUT2D eigenvalue weighted by Crippen LogP contribution is 2.23. The van der Waals surface area contributed by atoms with Crippen molar-refractivity contribution < 1.29 is 49.3 Å². The molecule has 0 aromatic rings. The van der Waals surface area contributed by atoms with Crippen molar-refractivity contribution in [3.05, 3.63) is 60.8 Å². The van der Waals surface area contributed by atoms with E-state index < -0.39 is 49.5 Å². The van der Waals surface area contributed by atoms with Crippen LogP contribution in [0.1, 0.15) is 264 Å². The molecule has 0 radical (unpaired) electrons. The summed E-state index contributed by atoms with van der Waals surface area (Å²) in [4.78, 5) is 25.0. The molecular weight excluding hydrogens is 931 g/mol. The van der Waals surface area contributed by atoms with Gasteiger partial charge in [0.2, 0.25) is 5.91 Å². The van der Waals surface area contributed by atoms with Crippen LogP contribution < -0.4 is 5.32 Å². The van der Waals surface area contributed by atoms with Crippen molar-refractivity contribution in [3.63, 3.8) is 0 Å². The molecule has 0 aromatic carbocycles. The summed E-state index contributed by atoms with van der Waals surface area (Å²) >= 11 is 0. The Labute approximate surface area is 452 Å². The Morgan fingerprint density at radius 2 is 0.919 bits per heavy atom. The van der Waals surface area contributed by atoms with E-state index in [9.17, 15) is 35.1 Å². The SMILES string of the molecule is CCCC/C=C\C/C=C\CCCCCCCC(=O)OCC/C=C\C/C=C\CCCCCCCCCCCCCCCCC(=O)NC(COC1OC(CO)C(O)C(O)C1O)C(O)/C=C/CCCCCCCCCCC. The summed E-state index contributed by atoms with van der Waals surface area (Å²) in [6, 6.07) is -0.814. The van der Waals surface area contributed by atoms with E-state index in [2.05, 4.69) is 67.8 Å². The van der Waals surface area contributed by atoms with Gasteiger partial charge in [-0.05, 0) is 77.0 Å². The number of aliphatic hydroxyl groups excluding tert-OH is 5. The highest BCUT2D eigenvalue weighted by Gasteiger charge is 2.44. The predicted molar refractivity (Wildman–Crippen MR) is 306 cm³/mol. The second kappa shape index (κ2) is 52.4. The van der Waals surface area contributed by atoms with Crippen molar-refractivity contribution in [3.8, 4) is 0 Å². The maximum absolute atomic E-state index is 13.0. The smallest absolute Gasteiger partial charge is 0.305 e.